The van der Waals surface area contributed by atoms with Gasteiger partial charge in [-0.05, 0) is 55.0 Å². The molecule has 1 N–H and O–H groups in total. The highest BCUT2D eigenvalue weighted by molar-refractivity contribution is 7.99. The smallest absolute Gasteiger partial charge is 0.241 e. The van der Waals surface area contributed by atoms with Crippen LogP contribution in [0.2, 0.25) is 0 Å². The van der Waals surface area contributed by atoms with E-state index in [2.05, 4.69) is 14.9 Å². The van der Waals surface area contributed by atoms with Crippen LogP contribution in [-0.4, -0.2) is 36.0 Å². The molecule has 2 aromatic carbocycles. The van der Waals surface area contributed by atoms with Crippen LogP contribution in [0, 0.1) is 5.92 Å². The second kappa shape index (κ2) is 11.4. The number of hydrogen-bond donors (Lipinski definition) is 1. The van der Waals surface area contributed by atoms with Gasteiger partial charge in [-0.2, -0.15) is 0 Å². The highest BCUT2D eigenvalue weighted by Gasteiger charge is 2.27. The number of nitrogens with one attached hydrogen (secondary N) is 1. The molecule has 1 aliphatic rings. The molecule has 1 aromatic heterocycles. The van der Waals surface area contributed by atoms with Crippen molar-refractivity contribution in [3.63, 3.8) is 0 Å². The van der Waals surface area contributed by atoms with E-state index in [1.807, 2.05) is 41.9 Å². The molecule has 1 atom stereocenters. The van der Waals surface area contributed by atoms with Gasteiger partial charge in [0.25, 0.3) is 0 Å². The monoisotopic (exact) mass is 500 g/mol. The van der Waals surface area contributed by atoms with Crippen molar-refractivity contribution in [1.29, 1.82) is 0 Å². The normalized spacial score (nSPS) is 15.8. The van der Waals surface area contributed by atoms with Crippen molar-refractivity contribution in [3.05, 3.63) is 66.0 Å². The predicted octanol–water partition coefficient (Wildman–Crippen LogP) is 4.76. The van der Waals surface area contributed by atoms with Crippen LogP contribution in [0.25, 0.3) is 0 Å². The third-order valence-corrected chi connectivity index (χ3v) is 9.04. The van der Waals surface area contributed by atoms with Gasteiger partial charge in [0, 0.05) is 12.8 Å². The Kier molecular flexibility index (Phi) is 8.28. The predicted molar refractivity (Wildman–Crippen MR) is 135 cm³/mol. The van der Waals surface area contributed by atoms with Gasteiger partial charge < -0.3 is 9.30 Å². The fraction of sp³-hybridized carbons (Fsp3) is 0.440. The first-order valence-electron chi connectivity index (χ1n) is 11.7. The summed E-state index contributed by atoms with van der Waals surface area (Å²) in [6.07, 6.45) is 6.97. The summed E-state index contributed by atoms with van der Waals surface area (Å²) in [6.45, 7) is 0. The number of rotatable bonds is 10. The van der Waals surface area contributed by atoms with E-state index in [9.17, 15) is 8.42 Å². The molecule has 7 nitrogen and oxygen atoms in total. The summed E-state index contributed by atoms with van der Waals surface area (Å²) in [5, 5.41) is 9.66. The zero-order valence-electron chi connectivity index (χ0n) is 19.7. The number of aromatic nitrogens is 3. The molecule has 0 saturated heterocycles. The molecular formula is C25H32N4O3S2. The molecule has 0 aliphatic heterocycles. The number of benzene rings is 2. The lowest BCUT2D eigenvalue weighted by atomic mass is 9.91. The van der Waals surface area contributed by atoms with Crippen LogP contribution in [0.5, 0.6) is 5.75 Å². The van der Waals surface area contributed by atoms with E-state index in [1.165, 1.54) is 32.1 Å². The van der Waals surface area contributed by atoms with Gasteiger partial charge in [0.15, 0.2) is 11.0 Å². The van der Waals surface area contributed by atoms with Crippen LogP contribution in [0.3, 0.4) is 0 Å². The quantitative estimate of drug-likeness (QED) is 0.404. The molecule has 1 fully saturated rings. The van der Waals surface area contributed by atoms with Crippen molar-refractivity contribution in [1.82, 2.24) is 19.5 Å². The first kappa shape index (κ1) is 24.8. The fourth-order valence-electron chi connectivity index (χ4n) is 4.35. The van der Waals surface area contributed by atoms with E-state index < -0.39 is 16.1 Å². The molecule has 1 heterocycles. The van der Waals surface area contributed by atoms with Crippen LogP contribution < -0.4 is 9.46 Å². The molecule has 0 amide bonds. The topological polar surface area (TPSA) is 86.1 Å². The highest BCUT2D eigenvalue weighted by Crippen LogP contribution is 2.30. The Morgan fingerprint density at radius 2 is 1.76 bits per heavy atom. The van der Waals surface area contributed by atoms with Gasteiger partial charge in [-0.15, -0.1) is 10.2 Å². The summed E-state index contributed by atoms with van der Waals surface area (Å²) >= 11 is 1.71. The van der Waals surface area contributed by atoms with E-state index in [4.69, 9.17) is 4.74 Å². The Morgan fingerprint density at radius 3 is 2.44 bits per heavy atom. The minimum Gasteiger partial charge on any atom is -0.497 e. The van der Waals surface area contributed by atoms with E-state index in [-0.39, 0.29) is 4.90 Å². The van der Waals surface area contributed by atoms with Gasteiger partial charge in [-0.1, -0.05) is 61.4 Å². The average Bonchev–Trinajstić information content (AvgIpc) is 3.23. The molecule has 1 aliphatic carbocycles. The van der Waals surface area contributed by atoms with Crippen molar-refractivity contribution in [2.75, 3.05) is 12.9 Å². The molecular weight excluding hydrogens is 468 g/mol. The summed E-state index contributed by atoms with van der Waals surface area (Å²) in [7, 11) is -0.317. The zero-order valence-corrected chi connectivity index (χ0v) is 21.3. The van der Waals surface area contributed by atoms with E-state index in [0.29, 0.717) is 23.9 Å². The third kappa shape index (κ3) is 6.20. The Hall–Kier alpha value is -2.36. The number of hydrogen-bond acceptors (Lipinski definition) is 6. The SMILES string of the molecule is COc1ccc(S(=O)(=O)NC(Cc2ccccc2)c2nnc(SCC3CCCCC3)n2C)cc1. The lowest BCUT2D eigenvalue weighted by Gasteiger charge is -2.21. The maximum absolute atomic E-state index is 13.2. The molecule has 3 aromatic rings. The maximum atomic E-state index is 13.2. The summed E-state index contributed by atoms with van der Waals surface area (Å²) in [5.74, 6) is 2.94. The molecule has 0 bridgehead atoms. The summed E-state index contributed by atoms with van der Waals surface area (Å²) in [5.41, 5.74) is 1.02. The van der Waals surface area contributed by atoms with E-state index >= 15 is 0 Å². The number of methoxy groups -OCH3 is 1. The molecule has 1 saturated carbocycles. The Bertz CT molecular complexity index is 1160. The first-order valence-corrected chi connectivity index (χ1v) is 14.2. The van der Waals surface area contributed by atoms with Gasteiger partial charge in [0.05, 0.1) is 18.0 Å². The van der Waals surface area contributed by atoms with Crippen LogP contribution in [0.4, 0.5) is 0 Å². The number of thioether (sulfide) groups is 1. The molecule has 9 heteroatoms. The van der Waals surface area contributed by atoms with Gasteiger partial charge >= 0.3 is 0 Å². The van der Waals surface area contributed by atoms with Crippen molar-refractivity contribution >= 4 is 21.8 Å². The van der Waals surface area contributed by atoms with Crippen molar-refractivity contribution in [3.8, 4) is 5.75 Å². The van der Waals surface area contributed by atoms with Gasteiger partial charge in [-0.25, -0.2) is 13.1 Å². The lowest BCUT2D eigenvalue weighted by Crippen LogP contribution is -2.32. The average molecular weight is 501 g/mol. The van der Waals surface area contributed by atoms with Crippen molar-refractivity contribution < 1.29 is 13.2 Å². The maximum Gasteiger partial charge on any atom is 0.241 e. The largest absolute Gasteiger partial charge is 0.497 e. The van der Waals surface area contributed by atoms with Gasteiger partial charge in [0.2, 0.25) is 10.0 Å². The number of sulfonamides is 1. The number of ether oxygens (including phenoxy) is 1. The molecule has 34 heavy (non-hydrogen) atoms. The van der Waals surface area contributed by atoms with Crippen LogP contribution in [0.15, 0.2) is 64.6 Å². The molecule has 4 rings (SSSR count). The first-order chi connectivity index (χ1) is 16.5. The van der Waals surface area contributed by atoms with Gasteiger partial charge in [-0.3, -0.25) is 0 Å². The van der Waals surface area contributed by atoms with E-state index in [1.54, 1.807) is 43.1 Å². The fourth-order valence-corrected chi connectivity index (χ4v) is 6.64. The minimum absolute atomic E-state index is 0.181. The Labute approximate surface area is 206 Å². The summed E-state index contributed by atoms with van der Waals surface area (Å²) in [4.78, 5) is 0.181. The Balaban J connectivity index is 1.56. The summed E-state index contributed by atoms with van der Waals surface area (Å²) < 4.78 is 36.4. The molecule has 0 spiro atoms. The third-order valence-electron chi connectivity index (χ3n) is 6.30. The van der Waals surface area contributed by atoms with Crippen LogP contribution >= 0.6 is 11.8 Å². The second-order valence-corrected chi connectivity index (χ2v) is 11.5. The second-order valence-electron chi connectivity index (χ2n) is 8.75. The molecule has 0 radical (unpaired) electrons. The highest BCUT2D eigenvalue weighted by atomic mass is 32.2. The molecule has 182 valence electrons. The number of nitrogens with zero attached hydrogens (tertiary/aromatic N) is 3. The van der Waals surface area contributed by atoms with Gasteiger partial charge in [0.1, 0.15) is 5.75 Å². The van der Waals surface area contributed by atoms with E-state index in [0.717, 1.165) is 16.5 Å². The summed E-state index contributed by atoms with van der Waals surface area (Å²) in [6, 6.07) is 15.6. The van der Waals surface area contributed by atoms with Crippen LogP contribution in [0.1, 0.15) is 49.5 Å². The minimum atomic E-state index is -3.78. The zero-order chi connectivity index (χ0) is 24.0. The lowest BCUT2D eigenvalue weighted by molar-refractivity contribution is 0.390. The standard InChI is InChI=1S/C25H32N4O3S2/c1-29-24(26-27-25(29)33-18-20-11-7-4-8-12-20)23(17-19-9-5-3-6-10-19)28-34(30,31)22-15-13-21(32-2)14-16-22/h3,5-6,9-10,13-16,20,23,28H,4,7-8,11-12,17-18H2,1-2H3. The van der Waals surface area contributed by atoms with Crippen LogP contribution in [-0.2, 0) is 23.5 Å². The van der Waals surface area contributed by atoms with Crippen molar-refractivity contribution in [2.24, 2.45) is 13.0 Å². The molecule has 1 unspecified atom stereocenters. The van der Waals surface area contributed by atoms with Crippen molar-refractivity contribution in [2.45, 2.75) is 54.6 Å². The Morgan fingerprint density at radius 1 is 1.06 bits per heavy atom.